The van der Waals surface area contributed by atoms with Crippen LogP contribution in [0.3, 0.4) is 0 Å². The average Bonchev–Trinajstić information content (AvgIpc) is 2.58. The minimum absolute atomic E-state index is 0.223. The molecule has 0 saturated heterocycles. The number of aromatic amines is 1. The molecular weight excluding hydrogens is 180 g/mol. The summed E-state index contributed by atoms with van der Waals surface area (Å²) in [5.74, 6) is 0.594. The smallest absolute Gasteiger partial charge is 0.306 e. The van der Waals surface area contributed by atoms with Crippen LogP contribution in [-0.2, 0) is 16.0 Å². The second-order valence-electron chi connectivity index (χ2n) is 2.98. The maximum Gasteiger partial charge on any atom is 0.306 e. The van der Waals surface area contributed by atoms with Crippen molar-refractivity contribution in [2.24, 2.45) is 0 Å². The van der Waals surface area contributed by atoms with Crippen molar-refractivity contribution < 1.29 is 9.53 Å². The Morgan fingerprint density at radius 1 is 1.79 bits per heavy atom. The molecule has 0 spiro atoms. The predicted molar refractivity (Wildman–Crippen MR) is 52.8 cm³/mol. The number of imidazole rings is 1. The van der Waals surface area contributed by atoms with Gasteiger partial charge in [0.1, 0.15) is 12.4 Å². The molecule has 1 aromatic heterocycles. The Morgan fingerprint density at radius 2 is 2.57 bits per heavy atom. The van der Waals surface area contributed by atoms with Crippen molar-refractivity contribution in [3.8, 4) is 0 Å². The Labute approximate surface area is 83.0 Å². The van der Waals surface area contributed by atoms with Crippen LogP contribution in [0.1, 0.15) is 17.9 Å². The summed E-state index contributed by atoms with van der Waals surface area (Å²) in [5, 5.41) is 0. The Kier molecular flexibility index (Phi) is 3.91. The summed E-state index contributed by atoms with van der Waals surface area (Å²) in [6.45, 7) is 5.66. The van der Waals surface area contributed by atoms with Gasteiger partial charge in [-0.25, -0.2) is 4.98 Å². The van der Waals surface area contributed by atoms with E-state index >= 15 is 0 Å². The molecule has 0 unspecified atom stereocenters. The third-order valence-corrected chi connectivity index (χ3v) is 1.68. The van der Waals surface area contributed by atoms with Crippen LogP contribution in [-0.4, -0.2) is 22.5 Å². The fourth-order valence-electron chi connectivity index (χ4n) is 1.04. The first kappa shape index (κ1) is 10.5. The lowest BCUT2D eigenvalue weighted by molar-refractivity contribution is -0.142. The zero-order valence-electron chi connectivity index (χ0n) is 8.25. The second-order valence-corrected chi connectivity index (χ2v) is 2.98. The fraction of sp³-hybridized carbons (Fsp3) is 0.400. The van der Waals surface area contributed by atoms with Crippen LogP contribution in [0.4, 0.5) is 0 Å². The molecule has 14 heavy (non-hydrogen) atoms. The first-order valence-electron chi connectivity index (χ1n) is 4.49. The van der Waals surface area contributed by atoms with E-state index in [1.165, 1.54) is 0 Å². The molecule has 4 nitrogen and oxygen atoms in total. The molecule has 0 bridgehead atoms. The molecule has 0 aromatic carbocycles. The van der Waals surface area contributed by atoms with Crippen LogP contribution in [0.5, 0.6) is 0 Å². The van der Waals surface area contributed by atoms with Crippen LogP contribution in [0, 0.1) is 6.92 Å². The molecule has 1 aromatic rings. The van der Waals surface area contributed by atoms with Gasteiger partial charge in [0.25, 0.3) is 0 Å². The molecule has 0 aliphatic rings. The molecular formula is C10H14N2O2. The highest BCUT2D eigenvalue weighted by Gasteiger charge is 2.04. The normalized spacial score (nSPS) is 9.79. The number of aryl methyl sites for hydroxylation is 2. The molecule has 0 saturated carbocycles. The van der Waals surface area contributed by atoms with E-state index in [-0.39, 0.29) is 12.6 Å². The zero-order valence-corrected chi connectivity index (χ0v) is 8.25. The van der Waals surface area contributed by atoms with Crippen LogP contribution in [0.25, 0.3) is 0 Å². The molecule has 0 radical (unpaired) electrons. The molecule has 0 aliphatic carbocycles. The van der Waals surface area contributed by atoms with Gasteiger partial charge in [0, 0.05) is 18.3 Å². The fourth-order valence-corrected chi connectivity index (χ4v) is 1.04. The number of hydrogen-bond donors (Lipinski definition) is 1. The summed E-state index contributed by atoms with van der Waals surface area (Å²) in [4.78, 5) is 18.2. The minimum atomic E-state index is -0.223. The van der Waals surface area contributed by atoms with Gasteiger partial charge in [-0.1, -0.05) is 12.7 Å². The summed E-state index contributed by atoms with van der Waals surface area (Å²) in [6, 6.07) is 0. The van der Waals surface area contributed by atoms with Crippen LogP contribution in [0.15, 0.2) is 18.9 Å². The highest BCUT2D eigenvalue weighted by atomic mass is 16.5. The molecule has 0 aliphatic heterocycles. The van der Waals surface area contributed by atoms with Crippen LogP contribution >= 0.6 is 0 Å². The minimum Gasteiger partial charge on any atom is -0.461 e. The number of carbonyl (C=O) groups excluding carboxylic acids is 1. The van der Waals surface area contributed by atoms with Crippen molar-refractivity contribution in [1.82, 2.24) is 9.97 Å². The van der Waals surface area contributed by atoms with E-state index in [0.717, 1.165) is 11.5 Å². The first-order valence-corrected chi connectivity index (χ1v) is 4.49. The van der Waals surface area contributed by atoms with Crippen molar-refractivity contribution in [3.63, 3.8) is 0 Å². The third-order valence-electron chi connectivity index (χ3n) is 1.68. The van der Waals surface area contributed by atoms with Gasteiger partial charge in [-0.05, 0) is 6.92 Å². The Hall–Kier alpha value is -1.58. The number of ether oxygens (including phenoxy) is 1. The van der Waals surface area contributed by atoms with Crippen molar-refractivity contribution in [3.05, 3.63) is 30.4 Å². The number of nitrogens with one attached hydrogen (secondary N) is 1. The van der Waals surface area contributed by atoms with E-state index in [4.69, 9.17) is 4.74 Å². The molecule has 0 amide bonds. The van der Waals surface area contributed by atoms with Gasteiger partial charge in [0.05, 0.1) is 6.42 Å². The summed E-state index contributed by atoms with van der Waals surface area (Å²) in [6.07, 6.45) is 4.23. The number of H-pyrrole nitrogens is 1. The number of rotatable bonds is 5. The number of aromatic nitrogens is 2. The lowest BCUT2D eigenvalue weighted by Gasteiger charge is -1.99. The van der Waals surface area contributed by atoms with Gasteiger partial charge < -0.3 is 9.72 Å². The van der Waals surface area contributed by atoms with Gasteiger partial charge in [-0.3, -0.25) is 4.79 Å². The molecule has 1 N–H and O–H groups in total. The van der Waals surface area contributed by atoms with Gasteiger partial charge in [0.15, 0.2) is 0 Å². The predicted octanol–water partition coefficient (Wildman–Crippen LogP) is 1.38. The number of carbonyl (C=O) groups is 1. The standard InChI is InChI=1S/C10H14N2O2/c1-3-6-14-10(13)5-4-9-11-7-8(2)12-9/h3,7H,1,4-6H2,2H3,(H,11,12). The first-order chi connectivity index (χ1) is 6.72. The maximum atomic E-state index is 11.1. The molecule has 1 heterocycles. The summed E-state index contributed by atoms with van der Waals surface area (Å²) >= 11 is 0. The van der Waals surface area contributed by atoms with E-state index in [2.05, 4.69) is 16.5 Å². The highest BCUT2D eigenvalue weighted by molar-refractivity contribution is 5.69. The van der Waals surface area contributed by atoms with Gasteiger partial charge in [-0.15, -0.1) is 0 Å². The Bertz CT molecular complexity index is 318. The quantitative estimate of drug-likeness (QED) is 0.569. The number of nitrogens with zero attached hydrogens (tertiary/aromatic N) is 1. The lowest BCUT2D eigenvalue weighted by Crippen LogP contribution is -2.06. The van der Waals surface area contributed by atoms with Gasteiger partial charge in [-0.2, -0.15) is 0 Å². The van der Waals surface area contributed by atoms with Gasteiger partial charge in [0.2, 0.25) is 0 Å². The van der Waals surface area contributed by atoms with E-state index in [0.29, 0.717) is 12.8 Å². The van der Waals surface area contributed by atoms with Crippen molar-refractivity contribution in [2.45, 2.75) is 19.8 Å². The van der Waals surface area contributed by atoms with E-state index < -0.39 is 0 Å². The average molecular weight is 194 g/mol. The van der Waals surface area contributed by atoms with Crippen LogP contribution in [0.2, 0.25) is 0 Å². The summed E-state index contributed by atoms with van der Waals surface area (Å²) in [7, 11) is 0. The number of hydrogen-bond acceptors (Lipinski definition) is 3. The molecule has 0 fully saturated rings. The van der Waals surface area contributed by atoms with E-state index in [9.17, 15) is 4.79 Å². The zero-order chi connectivity index (χ0) is 10.4. The van der Waals surface area contributed by atoms with E-state index in [1.54, 1.807) is 12.3 Å². The lowest BCUT2D eigenvalue weighted by atomic mass is 10.3. The Morgan fingerprint density at radius 3 is 3.14 bits per heavy atom. The molecule has 1 rings (SSSR count). The topological polar surface area (TPSA) is 55.0 Å². The largest absolute Gasteiger partial charge is 0.461 e. The SMILES string of the molecule is C=CCOC(=O)CCc1ncc(C)[nH]1. The summed E-state index contributed by atoms with van der Waals surface area (Å²) < 4.78 is 4.82. The third kappa shape index (κ3) is 3.43. The molecule has 76 valence electrons. The second kappa shape index (κ2) is 5.21. The maximum absolute atomic E-state index is 11.1. The number of esters is 1. The highest BCUT2D eigenvalue weighted by Crippen LogP contribution is 1.99. The van der Waals surface area contributed by atoms with Gasteiger partial charge >= 0.3 is 5.97 Å². The molecule has 0 atom stereocenters. The van der Waals surface area contributed by atoms with Crippen molar-refractivity contribution in [1.29, 1.82) is 0 Å². The van der Waals surface area contributed by atoms with Crippen molar-refractivity contribution in [2.75, 3.05) is 6.61 Å². The van der Waals surface area contributed by atoms with Crippen LogP contribution < -0.4 is 0 Å². The molecule has 4 heteroatoms. The Balaban J connectivity index is 2.26. The summed E-state index contributed by atoms with van der Waals surface area (Å²) in [5.41, 5.74) is 0.999. The monoisotopic (exact) mass is 194 g/mol. The van der Waals surface area contributed by atoms with Crippen molar-refractivity contribution >= 4 is 5.97 Å². The van der Waals surface area contributed by atoms with E-state index in [1.807, 2.05) is 6.92 Å².